The fraction of sp³-hybridized carbons (Fsp3) is 0.474. The topological polar surface area (TPSA) is 88.9 Å². The third-order valence-corrected chi connectivity index (χ3v) is 4.74. The van der Waals surface area contributed by atoms with Gasteiger partial charge in [0.2, 0.25) is 0 Å². The molecule has 1 unspecified atom stereocenters. The van der Waals surface area contributed by atoms with Gasteiger partial charge >= 0.3 is 0 Å². The van der Waals surface area contributed by atoms with E-state index in [0.717, 1.165) is 18.7 Å². The summed E-state index contributed by atoms with van der Waals surface area (Å²) < 4.78 is 16.7. The Morgan fingerprint density at radius 3 is 2.78 bits per heavy atom. The van der Waals surface area contributed by atoms with E-state index >= 15 is 0 Å². The van der Waals surface area contributed by atoms with Crippen molar-refractivity contribution < 1.29 is 18.8 Å². The lowest BCUT2D eigenvalue weighted by molar-refractivity contribution is 0.0287. The maximum atomic E-state index is 13.1. The van der Waals surface area contributed by atoms with Crippen molar-refractivity contribution >= 4 is 11.7 Å². The predicted octanol–water partition coefficient (Wildman–Crippen LogP) is 0.896. The Morgan fingerprint density at radius 1 is 1.22 bits per heavy atom. The molecule has 1 amide bonds. The van der Waals surface area contributed by atoms with Crippen LogP contribution in [0.25, 0.3) is 11.3 Å². The zero-order chi connectivity index (χ0) is 18.5. The fourth-order valence-electron chi connectivity index (χ4n) is 3.31. The quantitative estimate of drug-likeness (QED) is 0.806. The Labute approximate surface area is 157 Å². The molecule has 1 aromatic carbocycles. The van der Waals surface area contributed by atoms with Gasteiger partial charge < -0.3 is 29.5 Å². The molecule has 3 heterocycles. The summed E-state index contributed by atoms with van der Waals surface area (Å²) in [6.07, 6.45) is -0.0328. The average molecular weight is 372 g/mol. The number of anilines is 1. The second-order valence-electron chi connectivity index (χ2n) is 6.58. The largest absolute Gasteiger partial charge is 0.378 e. The van der Waals surface area contributed by atoms with Gasteiger partial charge in [0, 0.05) is 38.3 Å². The molecule has 1 aromatic heterocycles. The first kappa shape index (κ1) is 18.0. The number of rotatable bonds is 5. The van der Waals surface area contributed by atoms with Crippen LogP contribution in [0.5, 0.6) is 0 Å². The molecule has 0 bridgehead atoms. The van der Waals surface area contributed by atoms with Crippen LogP contribution in [0.15, 0.2) is 34.9 Å². The number of hydrogen-bond acceptors (Lipinski definition) is 7. The van der Waals surface area contributed by atoms with Crippen molar-refractivity contribution in [1.82, 2.24) is 15.8 Å². The molecule has 0 saturated carbocycles. The van der Waals surface area contributed by atoms with Crippen LogP contribution in [0.2, 0.25) is 0 Å². The minimum absolute atomic E-state index is 0.0328. The lowest BCUT2D eigenvalue weighted by Gasteiger charge is -2.27. The Morgan fingerprint density at radius 2 is 2.04 bits per heavy atom. The Kier molecular flexibility index (Phi) is 5.66. The van der Waals surface area contributed by atoms with Gasteiger partial charge in [-0.15, -0.1) is 0 Å². The van der Waals surface area contributed by atoms with Crippen LogP contribution in [0.1, 0.15) is 10.4 Å². The van der Waals surface area contributed by atoms with Crippen molar-refractivity contribution in [1.29, 1.82) is 0 Å². The summed E-state index contributed by atoms with van der Waals surface area (Å²) in [6, 6.07) is 9.57. The zero-order valence-corrected chi connectivity index (χ0v) is 15.1. The van der Waals surface area contributed by atoms with Crippen LogP contribution in [0.4, 0.5) is 5.82 Å². The fourth-order valence-corrected chi connectivity index (χ4v) is 3.31. The zero-order valence-electron chi connectivity index (χ0n) is 15.1. The van der Waals surface area contributed by atoms with E-state index in [1.807, 2.05) is 35.2 Å². The van der Waals surface area contributed by atoms with Crippen LogP contribution in [0, 0.1) is 0 Å². The summed E-state index contributed by atoms with van der Waals surface area (Å²) in [6.45, 7) is 5.23. The van der Waals surface area contributed by atoms with Crippen molar-refractivity contribution in [2.45, 2.75) is 6.10 Å². The number of morpholine rings is 2. The van der Waals surface area contributed by atoms with Crippen molar-refractivity contribution in [2.75, 3.05) is 57.4 Å². The van der Waals surface area contributed by atoms with E-state index in [4.69, 9.17) is 14.0 Å². The molecule has 2 aliphatic rings. The molecule has 2 saturated heterocycles. The van der Waals surface area contributed by atoms with Crippen molar-refractivity contribution in [2.24, 2.45) is 0 Å². The number of nitrogens with zero attached hydrogens (tertiary/aromatic N) is 2. The number of carbonyl (C=O) groups excluding carboxylic acids is 1. The van der Waals surface area contributed by atoms with E-state index in [1.54, 1.807) is 0 Å². The minimum atomic E-state index is -0.203. The van der Waals surface area contributed by atoms with Crippen LogP contribution in [-0.4, -0.2) is 69.7 Å². The Balaban J connectivity index is 1.59. The van der Waals surface area contributed by atoms with Gasteiger partial charge in [-0.25, -0.2) is 0 Å². The van der Waals surface area contributed by atoms with Gasteiger partial charge in [0.15, 0.2) is 11.6 Å². The maximum Gasteiger partial charge on any atom is 0.259 e. The maximum absolute atomic E-state index is 13.1. The van der Waals surface area contributed by atoms with E-state index in [0.29, 0.717) is 56.6 Å². The van der Waals surface area contributed by atoms with Gasteiger partial charge in [-0.1, -0.05) is 35.5 Å². The lowest BCUT2D eigenvalue weighted by Crippen LogP contribution is -2.45. The highest BCUT2D eigenvalue weighted by Crippen LogP contribution is 2.31. The normalized spacial score (nSPS) is 20.4. The first-order chi connectivity index (χ1) is 13.3. The molecule has 144 valence electrons. The molecule has 2 aliphatic heterocycles. The molecule has 0 radical (unpaired) electrons. The number of carbonyl (C=O) groups is 1. The molecule has 1 atom stereocenters. The van der Waals surface area contributed by atoms with E-state index in [-0.39, 0.29) is 12.0 Å². The number of hydrogen-bond donors (Lipinski definition) is 2. The highest BCUT2D eigenvalue weighted by molar-refractivity contribution is 6.04. The highest BCUT2D eigenvalue weighted by atomic mass is 16.5. The average Bonchev–Trinajstić information content (AvgIpc) is 3.19. The van der Waals surface area contributed by atoms with Crippen molar-refractivity contribution in [3.63, 3.8) is 0 Å². The van der Waals surface area contributed by atoms with Crippen LogP contribution >= 0.6 is 0 Å². The smallest absolute Gasteiger partial charge is 0.259 e. The van der Waals surface area contributed by atoms with Gasteiger partial charge in [-0.2, -0.15) is 0 Å². The molecular formula is C19H24N4O4. The third-order valence-electron chi connectivity index (χ3n) is 4.74. The summed E-state index contributed by atoms with van der Waals surface area (Å²) in [4.78, 5) is 15.1. The van der Waals surface area contributed by atoms with E-state index in [9.17, 15) is 4.79 Å². The summed E-state index contributed by atoms with van der Waals surface area (Å²) in [5.41, 5.74) is 1.29. The Bertz CT molecular complexity index is 752. The summed E-state index contributed by atoms with van der Waals surface area (Å²) in [5, 5.41) is 10.5. The predicted molar refractivity (Wildman–Crippen MR) is 99.9 cm³/mol. The van der Waals surface area contributed by atoms with Crippen molar-refractivity contribution in [3.05, 3.63) is 35.9 Å². The summed E-state index contributed by atoms with van der Waals surface area (Å²) in [7, 11) is 0. The highest BCUT2D eigenvalue weighted by Gasteiger charge is 2.29. The monoisotopic (exact) mass is 372 g/mol. The molecule has 0 spiro atoms. The number of nitrogens with one attached hydrogen (secondary N) is 2. The van der Waals surface area contributed by atoms with Gasteiger partial charge in [0.05, 0.1) is 25.9 Å². The second-order valence-corrected chi connectivity index (χ2v) is 6.58. The van der Waals surface area contributed by atoms with E-state index in [1.165, 1.54) is 0 Å². The first-order valence-corrected chi connectivity index (χ1v) is 9.31. The standard InChI is InChI=1S/C19H24N4O4/c24-19(21-13-15-12-20-6-9-26-15)16-17(14-4-2-1-3-5-14)27-22-18(16)23-7-10-25-11-8-23/h1-5,15,20H,6-13H2,(H,21,24). The Hall–Kier alpha value is -2.42. The molecule has 8 heteroatoms. The van der Waals surface area contributed by atoms with Gasteiger partial charge in [-0.05, 0) is 0 Å². The summed E-state index contributed by atoms with van der Waals surface area (Å²) in [5.74, 6) is 0.848. The molecule has 2 fully saturated rings. The van der Waals surface area contributed by atoms with Crippen LogP contribution in [-0.2, 0) is 9.47 Å². The molecule has 4 rings (SSSR count). The molecular weight excluding hydrogens is 348 g/mol. The van der Waals surface area contributed by atoms with Gasteiger partial charge in [0.1, 0.15) is 5.56 Å². The molecule has 8 nitrogen and oxygen atoms in total. The van der Waals surface area contributed by atoms with Crippen molar-refractivity contribution in [3.8, 4) is 11.3 Å². The van der Waals surface area contributed by atoms with E-state index < -0.39 is 0 Å². The lowest BCUT2D eigenvalue weighted by atomic mass is 10.1. The van der Waals surface area contributed by atoms with E-state index in [2.05, 4.69) is 15.8 Å². The van der Waals surface area contributed by atoms with Gasteiger partial charge in [-0.3, -0.25) is 4.79 Å². The number of aromatic nitrogens is 1. The molecule has 2 aromatic rings. The van der Waals surface area contributed by atoms with Crippen LogP contribution < -0.4 is 15.5 Å². The SMILES string of the molecule is O=C(NCC1CNCCO1)c1c(N2CCOCC2)noc1-c1ccccc1. The third kappa shape index (κ3) is 4.13. The number of benzene rings is 1. The molecule has 0 aliphatic carbocycles. The van der Waals surface area contributed by atoms with Gasteiger partial charge in [0.25, 0.3) is 5.91 Å². The second kappa shape index (κ2) is 8.51. The summed E-state index contributed by atoms with van der Waals surface area (Å²) >= 11 is 0. The minimum Gasteiger partial charge on any atom is -0.378 e. The molecule has 2 N–H and O–H groups in total. The first-order valence-electron chi connectivity index (χ1n) is 9.31. The molecule has 27 heavy (non-hydrogen) atoms. The van der Waals surface area contributed by atoms with Crippen LogP contribution in [0.3, 0.4) is 0 Å². The number of ether oxygens (including phenoxy) is 2. The number of amides is 1.